The van der Waals surface area contributed by atoms with E-state index in [9.17, 15) is 15.0 Å². The van der Waals surface area contributed by atoms with E-state index >= 15 is 0 Å². The van der Waals surface area contributed by atoms with Crippen LogP contribution in [0, 0.1) is 0 Å². The lowest BCUT2D eigenvalue weighted by molar-refractivity contribution is -0.116. The maximum absolute atomic E-state index is 12.0. The quantitative estimate of drug-likeness (QED) is 0.486. The first-order valence-corrected chi connectivity index (χ1v) is 8.25. The maximum atomic E-state index is 12.0. The molecule has 144 valence electrons. The second-order valence-electron chi connectivity index (χ2n) is 5.66. The van der Waals surface area contributed by atoms with Crippen LogP contribution < -0.4 is 19.5 Å². The summed E-state index contributed by atoms with van der Waals surface area (Å²) in [4.78, 5) is 12.0. The number of carbonyl (C=O) groups is 1. The van der Waals surface area contributed by atoms with Crippen molar-refractivity contribution in [3.05, 3.63) is 47.5 Å². The number of amides is 1. The van der Waals surface area contributed by atoms with Gasteiger partial charge in [-0.25, -0.2) is 0 Å². The molecule has 0 saturated carbocycles. The van der Waals surface area contributed by atoms with Gasteiger partial charge in [0.2, 0.25) is 11.7 Å². The van der Waals surface area contributed by atoms with Gasteiger partial charge in [-0.2, -0.15) is 0 Å². The van der Waals surface area contributed by atoms with Gasteiger partial charge in [0.05, 0.1) is 21.3 Å². The summed E-state index contributed by atoms with van der Waals surface area (Å²) in [5.41, 5.74) is 1.53. The predicted octanol–water partition coefficient (Wildman–Crippen LogP) is 2.50. The third kappa shape index (κ3) is 5.31. The first kappa shape index (κ1) is 20.0. The van der Waals surface area contributed by atoms with E-state index in [1.165, 1.54) is 39.5 Å². The highest BCUT2D eigenvalue weighted by Gasteiger charge is 2.12. The van der Waals surface area contributed by atoms with Crippen LogP contribution in [0.3, 0.4) is 0 Å². The van der Waals surface area contributed by atoms with E-state index in [1.807, 2.05) is 0 Å². The molecule has 0 fully saturated rings. The van der Waals surface area contributed by atoms with Crippen LogP contribution in [0.1, 0.15) is 11.1 Å². The molecule has 2 aromatic rings. The standard InChI is InChI=1S/C20H23NO6/c1-25-17-11-14(12-18(26-2)20(17)27-3)5-7-19(24)21-9-8-13-4-6-15(22)16(23)10-13/h4-7,10-12,22-23H,8-9H2,1-3H3,(H,21,24)/b7-5+. The molecule has 0 radical (unpaired) electrons. The highest BCUT2D eigenvalue weighted by molar-refractivity contribution is 5.91. The summed E-state index contributed by atoms with van der Waals surface area (Å²) in [6.07, 6.45) is 3.58. The van der Waals surface area contributed by atoms with Crippen LogP contribution >= 0.6 is 0 Å². The van der Waals surface area contributed by atoms with Crippen molar-refractivity contribution in [3.8, 4) is 28.7 Å². The molecule has 2 rings (SSSR count). The molecule has 0 saturated heterocycles. The van der Waals surface area contributed by atoms with Gasteiger partial charge >= 0.3 is 0 Å². The molecule has 2 aromatic carbocycles. The van der Waals surface area contributed by atoms with E-state index in [0.29, 0.717) is 30.2 Å². The lowest BCUT2D eigenvalue weighted by Crippen LogP contribution is -2.23. The van der Waals surface area contributed by atoms with Crippen LogP contribution in [0.4, 0.5) is 0 Å². The molecule has 0 spiro atoms. The molecule has 7 nitrogen and oxygen atoms in total. The molecule has 27 heavy (non-hydrogen) atoms. The highest BCUT2D eigenvalue weighted by atomic mass is 16.5. The van der Waals surface area contributed by atoms with Crippen molar-refractivity contribution < 1.29 is 29.2 Å². The SMILES string of the molecule is COc1cc(/C=C/C(=O)NCCc2ccc(O)c(O)c2)cc(OC)c1OC. The number of benzene rings is 2. The van der Waals surface area contributed by atoms with Gasteiger partial charge in [0, 0.05) is 12.6 Å². The van der Waals surface area contributed by atoms with Crippen molar-refractivity contribution in [1.29, 1.82) is 0 Å². The summed E-state index contributed by atoms with van der Waals surface area (Å²) >= 11 is 0. The molecule has 1 amide bonds. The lowest BCUT2D eigenvalue weighted by atomic mass is 10.1. The Balaban J connectivity index is 1.96. The molecule has 0 aliphatic rings. The Morgan fingerprint density at radius 2 is 1.67 bits per heavy atom. The molecule has 7 heteroatoms. The number of nitrogens with one attached hydrogen (secondary N) is 1. The zero-order chi connectivity index (χ0) is 19.8. The summed E-state index contributed by atoms with van der Waals surface area (Å²) in [6.45, 7) is 0.392. The van der Waals surface area contributed by atoms with Crippen molar-refractivity contribution in [2.45, 2.75) is 6.42 Å². The number of aromatic hydroxyl groups is 2. The van der Waals surface area contributed by atoms with E-state index in [0.717, 1.165) is 11.1 Å². The third-order valence-electron chi connectivity index (χ3n) is 3.87. The van der Waals surface area contributed by atoms with Crippen LogP contribution in [-0.4, -0.2) is 44.0 Å². The molecule has 0 aliphatic heterocycles. The molecule has 0 bridgehead atoms. The predicted molar refractivity (Wildman–Crippen MR) is 102 cm³/mol. The topological polar surface area (TPSA) is 97.3 Å². The molecular weight excluding hydrogens is 350 g/mol. The second-order valence-corrected chi connectivity index (χ2v) is 5.66. The lowest BCUT2D eigenvalue weighted by Gasteiger charge is -2.12. The summed E-state index contributed by atoms with van der Waals surface area (Å²) in [5.74, 6) is 0.885. The van der Waals surface area contributed by atoms with Crippen LogP contribution in [0.15, 0.2) is 36.4 Å². The fourth-order valence-electron chi connectivity index (χ4n) is 2.48. The van der Waals surface area contributed by atoms with Crippen LogP contribution in [-0.2, 0) is 11.2 Å². The first-order valence-electron chi connectivity index (χ1n) is 8.25. The zero-order valence-electron chi connectivity index (χ0n) is 15.5. The van der Waals surface area contributed by atoms with Gasteiger partial charge in [0.15, 0.2) is 23.0 Å². The average molecular weight is 373 g/mol. The number of carbonyl (C=O) groups excluding carboxylic acids is 1. The van der Waals surface area contributed by atoms with Gasteiger partial charge in [-0.15, -0.1) is 0 Å². The Labute approximate surface area is 157 Å². The smallest absolute Gasteiger partial charge is 0.244 e. The fraction of sp³-hybridized carbons (Fsp3) is 0.250. The van der Waals surface area contributed by atoms with Gasteiger partial charge in [-0.05, 0) is 47.9 Å². The summed E-state index contributed by atoms with van der Waals surface area (Å²) < 4.78 is 15.8. The van der Waals surface area contributed by atoms with E-state index < -0.39 is 0 Å². The Kier molecular flexibility index (Phi) is 6.93. The minimum absolute atomic E-state index is 0.170. The Hall–Kier alpha value is -3.35. The molecule has 0 unspecified atom stereocenters. The van der Waals surface area contributed by atoms with Crippen LogP contribution in [0.25, 0.3) is 6.08 Å². The number of hydrogen-bond acceptors (Lipinski definition) is 6. The number of rotatable bonds is 8. The second kappa shape index (κ2) is 9.38. The van der Waals surface area contributed by atoms with E-state index in [1.54, 1.807) is 24.3 Å². The van der Waals surface area contributed by atoms with Gasteiger partial charge in [-0.1, -0.05) is 6.07 Å². The molecule has 0 aromatic heterocycles. The minimum Gasteiger partial charge on any atom is -0.504 e. The van der Waals surface area contributed by atoms with Crippen LogP contribution in [0.5, 0.6) is 28.7 Å². The van der Waals surface area contributed by atoms with E-state index in [-0.39, 0.29) is 17.4 Å². The van der Waals surface area contributed by atoms with Gasteiger partial charge < -0.3 is 29.7 Å². The maximum Gasteiger partial charge on any atom is 0.244 e. The molecule has 0 heterocycles. The molecule has 3 N–H and O–H groups in total. The van der Waals surface area contributed by atoms with Crippen molar-refractivity contribution in [2.75, 3.05) is 27.9 Å². The van der Waals surface area contributed by atoms with Crippen molar-refractivity contribution in [1.82, 2.24) is 5.32 Å². The van der Waals surface area contributed by atoms with Gasteiger partial charge in [0.1, 0.15) is 0 Å². The Bertz CT molecular complexity index is 806. The van der Waals surface area contributed by atoms with Crippen molar-refractivity contribution >= 4 is 12.0 Å². The van der Waals surface area contributed by atoms with E-state index in [4.69, 9.17) is 14.2 Å². The first-order chi connectivity index (χ1) is 13.0. The Morgan fingerprint density at radius 3 is 2.22 bits per heavy atom. The summed E-state index contributed by atoms with van der Waals surface area (Å²) in [5, 5.41) is 21.5. The van der Waals surface area contributed by atoms with E-state index in [2.05, 4.69) is 5.32 Å². The number of ether oxygens (including phenoxy) is 3. The minimum atomic E-state index is -0.258. The van der Waals surface area contributed by atoms with Crippen LogP contribution in [0.2, 0.25) is 0 Å². The number of hydrogen-bond donors (Lipinski definition) is 3. The van der Waals surface area contributed by atoms with Gasteiger partial charge in [-0.3, -0.25) is 4.79 Å². The van der Waals surface area contributed by atoms with Crippen molar-refractivity contribution in [3.63, 3.8) is 0 Å². The summed E-state index contributed by atoms with van der Waals surface area (Å²) in [6, 6.07) is 8.05. The molecule has 0 aliphatic carbocycles. The molecular formula is C20H23NO6. The monoisotopic (exact) mass is 373 g/mol. The number of phenolic OH excluding ortho intramolecular Hbond substituents is 2. The summed E-state index contributed by atoms with van der Waals surface area (Å²) in [7, 11) is 4.58. The largest absolute Gasteiger partial charge is 0.504 e. The Morgan fingerprint density at radius 1 is 1.00 bits per heavy atom. The normalized spacial score (nSPS) is 10.6. The highest BCUT2D eigenvalue weighted by Crippen LogP contribution is 2.38. The third-order valence-corrected chi connectivity index (χ3v) is 3.87. The van der Waals surface area contributed by atoms with Crippen molar-refractivity contribution in [2.24, 2.45) is 0 Å². The average Bonchev–Trinajstić information content (AvgIpc) is 2.68. The number of phenols is 2. The fourth-order valence-corrected chi connectivity index (χ4v) is 2.48. The van der Waals surface area contributed by atoms with Gasteiger partial charge in [0.25, 0.3) is 0 Å². The zero-order valence-corrected chi connectivity index (χ0v) is 15.5. The number of methoxy groups -OCH3 is 3. The molecule has 0 atom stereocenters.